The van der Waals surface area contributed by atoms with Crippen molar-refractivity contribution < 1.29 is 9.53 Å². The molecule has 2 aromatic heterocycles. The van der Waals surface area contributed by atoms with Gasteiger partial charge in [0.25, 0.3) is 5.91 Å². The number of ether oxygens (including phenoxy) is 1. The molecule has 2 rings (SSSR count). The highest BCUT2D eigenvalue weighted by molar-refractivity contribution is 7.12. The number of carbonyl (C=O) groups is 1. The number of methoxy groups -OCH3 is 1. The number of hydrogen-bond donors (Lipinski definition) is 1. The summed E-state index contributed by atoms with van der Waals surface area (Å²) >= 11 is 6.88. The van der Waals surface area contributed by atoms with Gasteiger partial charge in [0.2, 0.25) is 0 Å². The number of thiophene rings is 1. The Labute approximate surface area is 106 Å². The number of anilines is 1. The van der Waals surface area contributed by atoms with Crippen molar-refractivity contribution in [3.8, 4) is 5.75 Å². The molecule has 1 amide bonds. The smallest absolute Gasteiger partial charge is 0.267 e. The minimum atomic E-state index is -0.255. The number of amides is 1. The second-order valence-electron chi connectivity index (χ2n) is 3.05. The first-order valence-corrected chi connectivity index (χ1v) is 5.88. The van der Waals surface area contributed by atoms with Gasteiger partial charge in [-0.1, -0.05) is 11.6 Å². The Morgan fingerprint density at radius 1 is 1.47 bits per heavy atom. The van der Waals surface area contributed by atoms with Gasteiger partial charge in [0.05, 0.1) is 12.0 Å². The Morgan fingerprint density at radius 3 is 2.88 bits per heavy atom. The molecule has 0 aliphatic heterocycles. The largest absolute Gasteiger partial charge is 0.496 e. The van der Waals surface area contributed by atoms with Crippen LogP contribution in [0.1, 0.15) is 9.67 Å². The van der Waals surface area contributed by atoms with Crippen LogP contribution < -0.4 is 10.1 Å². The summed E-state index contributed by atoms with van der Waals surface area (Å²) in [6, 6.07) is 4.79. The van der Waals surface area contributed by atoms with Gasteiger partial charge in [-0.15, -0.1) is 21.5 Å². The van der Waals surface area contributed by atoms with Gasteiger partial charge < -0.3 is 10.1 Å². The highest BCUT2D eigenvalue weighted by Crippen LogP contribution is 2.21. The molecule has 17 heavy (non-hydrogen) atoms. The molecule has 0 aliphatic carbocycles. The summed E-state index contributed by atoms with van der Waals surface area (Å²) in [7, 11) is 1.55. The Bertz CT molecular complexity index is 527. The van der Waals surface area contributed by atoms with Crippen molar-refractivity contribution >= 4 is 34.7 Å². The molecule has 0 radical (unpaired) electrons. The van der Waals surface area contributed by atoms with Crippen LogP contribution in [0.3, 0.4) is 0 Å². The van der Waals surface area contributed by atoms with E-state index in [1.165, 1.54) is 11.3 Å². The first-order valence-electron chi connectivity index (χ1n) is 4.62. The number of hydrogen-bond acceptors (Lipinski definition) is 5. The van der Waals surface area contributed by atoms with E-state index in [1.54, 1.807) is 30.7 Å². The number of rotatable bonds is 3. The van der Waals surface area contributed by atoms with Gasteiger partial charge in [0, 0.05) is 11.4 Å². The van der Waals surface area contributed by atoms with Crippen LogP contribution in [0.5, 0.6) is 5.75 Å². The Balaban J connectivity index is 2.08. The minimum Gasteiger partial charge on any atom is -0.496 e. The predicted octanol–water partition coefficient (Wildman–Crippen LogP) is 2.45. The van der Waals surface area contributed by atoms with Crippen LogP contribution in [0.4, 0.5) is 5.82 Å². The summed E-state index contributed by atoms with van der Waals surface area (Å²) in [6.07, 6.45) is 0. The van der Waals surface area contributed by atoms with Gasteiger partial charge in [-0.3, -0.25) is 4.79 Å². The van der Waals surface area contributed by atoms with Crippen LogP contribution in [0.25, 0.3) is 0 Å². The van der Waals surface area contributed by atoms with Crippen LogP contribution in [0.2, 0.25) is 5.15 Å². The maximum Gasteiger partial charge on any atom is 0.267 e. The van der Waals surface area contributed by atoms with Crippen molar-refractivity contribution in [1.29, 1.82) is 0 Å². The highest BCUT2D eigenvalue weighted by atomic mass is 35.5. The molecule has 7 heteroatoms. The van der Waals surface area contributed by atoms with E-state index in [0.29, 0.717) is 16.4 Å². The van der Waals surface area contributed by atoms with Crippen molar-refractivity contribution in [3.63, 3.8) is 0 Å². The first-order chi connectivity index (χ1) is 8.19. The van der Waals surface area contributed by atoms with Crippen LogP contribution in [0.15, 0.2) is 23.6 Å². The fraction of sp³-hybridized carbons (Fsp3) is 0.100. The third-order valence-corrected chi connectivity index (χ3v) is 3.02. The van der Waals surface area contributed by atoms with Gasteiger partial charge in [-0.05, 0) is 12.1 Å². The molecule has 5 nitrogen and oxygen atoms in total. The first kappa shape index (κ1) is 11.8. The molecule has 0 saturated carbocycles. The van der Waals surface area contributed by atoms with Gasteiger partial charge in [0.1, 0.15) is 5.75 Å². The maximum absolute atomic E-state index is 11.8. The minimum absolute atomic E-state index is 0.255. The highest BCUT2D eigenvalue weighted by Gasteiger charge is 2.10. The van der Waals surface area contributed by atoms with E-state index < -0.39 is 0 Å². The lowest BCUT2D eigenvalue weighted by Crippen LogP contribution is -2.11. The molecule has 0 spiro atoms. The number of aromatic nitrogens is 2. The van der Waals surface area contributed by atoms with E-state index in [0.717, 1.165) is 0 Å². The van der Waals surface area contributed by atoms with Gasteiger partial charge in [-0.2, -0.15) is 0 Å². The molecule has 0 fully saturated rings. The lowest BCUT2D eigenvalue weighted by Gasteiger charge is -2.00. The zero-order valence-electron chi connectivity index (χ0n) is 8.81. The number of halogens is 1. The summed E-state index contributed by atoms with van der Waals surface area (Å²) < 4.78 is 5.00. The summed E-state index contributed by atoms with van der Waals surface area (Å²) in [5, 5.41) is 12.0. The lowest BCUT2D eigenvalue weighted by molar-refractivity contribution is 0.103. The van der Waals surface area contributed by atoms with E-state index in [2.05, 4.69) is 15.5 Å². The molecule has 0 unspecified atom stereocenters. The van der Waals surface area contributed by atoms with E-state index in [4.69, 9.17) is 16.3 Å². The summed E-state index contributed by atoms with van der Waals surface area (Å²) in [4.78, 5) is 12.3. The van der Waals surface area contributed by atoms with E-state index in [9.17, 15) is 4.79 Å². The topological polar surface area (TPSA) is 64.1 Å². The monoisotopic (exact) mass is 269 g/mol. The summed E-state index contributed by atoms with van der Waals surface area (Å²) in [5.74, 6) is 0.754. The van der Waals surface area contributed by atoms with Crippen LogP contribution in [-0.4, -0.2) is 23.2 Å². The molecular formula is C10H8ClN3O2S. The average molecular weight is 270 g/mol. The SMILES string of the molecule is COc1csc(C(=O)Nc2ccc(Cl)nn2)c1. The molecule has 88 valence electrons. The fourth-order valence-electron chi connectivity index (χ4n) is 1.11. The second kappa shape index (κ2) is 5.11. The maximum atomic E-state index is 11.8. The molecule has 2 aromatic rings. The molecule has 0 bridgehead atoms. The second-order valence-corrected chi connectivity index (χ2v) is 4.34. The number of nitrogens with one attached hydrogen (secondary N) is 1. The molecular weight excluding hydrogens is 262 g/mol. The molecule has 2 heterocycles. The van der Waals surface area contributed by atoms with Crippen LogP contribution in [0, 0.1) is 0 Å². The summed E-state index contributed by atoms with van der Waals surface area (Å²) in [5.41, 5.74) is 0. The van der Waals surface area contributed by atoms with Gasteiger partial charge in [0.15, 0.2) is 11.0 Å². The van der Waals surface area contributed by atoms with Crippen molar-refractivity contribution in [1.82, 2.24) is 10.2 Å². The van der Waals surface area contributed by atoms with E-state index in [-0.39, 0.29) is 11.1 Å². The summed E-state index contributed by atoms with van der Waals surface area (Å²) in [6.45, 7) is 0. The fourth-order valence-corrected chi connectivity index (χ4v) is 1.96. The number of carbonyl (C=O) groups excluding carboxylic acids is 1. The Morgan fingerprint density at radius 2 is 2.29 bits per heavy atom. The van der Waals surface area contributed by atoms with Gasteiger partial charge in [-0.25, -0.2) is 0 Å². The standard InChI is InChI=1S/C10H8ClN3O2S/c1-16-6-4-7(17-5-6)10(15)12-9-3-2-8(11)13-14-9/h2-5H,1H3,(H,12,14,15). The van der Waals surface area contributed by atoms with Crippen molar-refractivity contribution in [2.24, 2.45) is 0 Å². The van der Waals surface area contributed by atoms with Crippen molar-refractivity contribution in [2.75, 3.05) is 12.4 Å². The molecule has 0 saturated heterocycles. The molecule has 0 aliphatic rings. The zero-order valence-corrected chi connectivity index (χ0v) is 10.4. The average Bonchev–Trinajstić information content (AvgIpc) is 2.81. The molecule has 1 N–H and O–H groups in total. The normalized spacial score (nSPS) is 10.0. The van der Waals surface area contributed by atoms with Gasteiger partial charge >= 0.3 is 0 Å². The number of nitrogens with zero attached hydrogens (tertiary/aromatic N) is 2. The predicted molar refractivity (Wildman–Crippen MR) is 65.9 cm³/mol. The molecule has 0 aromatic carbocycles. The Hall–Kier alpha value is -1.66. The Kier molecular flexibility index (Phi) is 3.55. The van der Waals surface area contributed by atoms with E-state index >= 15 is 0 Å². The third kappa shape index (κ3) is 2.92. The van der Waals surface area contributed by atoms with Crippen LogP contribution >= 0.6 is 22.9 Å². The zero-order chi connectivity index (χ0) is 12.3. The van der Waals surface area contributed by atoms with Crippen molar-refractivity contribution in [2.45, 2.75) is 0 Å². The quantitative estimate of drug-likeness (QED) is 0.930. The molecule has 0 atom stereocenters. The van der Waals surface area contributed by atoms with E-state index in [1.807, 2.05) is 0 Å². The van der Waals surface area contributed by atoms with Crippen LogP contribution in [-0.2, 0) is 0 Å². The third-order valence-electron chi connectivity index (χ3n) is 1.91. The lowest BCUT2D eigenvalue weighted by atomic mass is 10.4. The van der Waals surface area contributed by atoms with Crippen molar-refractivity contribution in [3.05, 3.63) is 33.6 Å².